The third kappa shape index (κ3) is 7.80. The van der Waals surface area contributed by atoms with Crippen LogP contribution in [0, 0.1) is 23.5 Å². The molecule has 1 aromatic rings. The Labute approximate surface area is 164 Å². The topological polar surface area (TPSA) is 9.23 Å². The molecule has 6 heteroatoms. The smallest absolute Gasteiger partial charge is 0.399 e. The number of alkyl halides is 3. The average molecular weight is 404 g/mol. The molecule has 0 unspecified atom stereocenters. The molecule has 1 fully saturated rings. The lowest BCUT2D eigenvalue weighted by Crippen LogP contribution is -2.19. The highest BCUT2D eigenvalue weighted by atomic mass is 19.4. The van der Waals surface area contributed by atoms with E-state index in [1.54, 1.807) is 0 Å². The maximum absolute atomic E-state index is 13.8. The lowest BCUT2D eigenvalue weighted by atomic mass is 9.78. The van der Waals surface area contributed by atoms with E-state index in [4.69, 9.17) is 0 Å². The molecule has 0 saturated heterocycles. The third-order valence-electron chi connectivity index (χ3n) is 5.45. The molecule has 1 aliphatic carbocycles. The standard InChI is InChI=1S/C22H29F5O/c1-2-3-4-5-6-7-16-8-10-17(11-9-16)12-13-18-14-19(23)21(20(24)15-18)28-22(25,26)27/h4-5,14-17H,2-3,6-13H2,1H3. The predicted molar refractivity (Wildman–Crippen MR) is 100 cm³/mol. The van der Waals surface area contributed by atoms with Crippen molar-refractivity contribution in [2.24, 2.45) is 11.8 Å². The molecule has 158 valence electrons. The summed E-state index contributed by atoms with van der Waals surface area (Å²) in [5, 5.41) is 0. The van der Waals surface area contributed by atoms with Gasteiger partial charge in [-0.05, 0) is 61.6 Å². The van der Waals surface area contributed by atoms with Crippen molar-refractivity contribution in [2.75, 3.05) is 0 Å². The molecule has 1 aliphatic rings. The van der Waals surface area contributed by atoms with Gasteiger partial charge < -0.3 is 4.74 Å². The fourth-order valence-electron chi connectivity index (χ4n) is 3.88. The van der Waals surface area contributed by atoms with Crippen molar-refractivity contribution in [1.29, 1.82) is 0 Å². The molecule has 0 atom stereocenters. The lowest BCUT2D eigenvalue weighted by molar-refractivity contribution is -0.276. The van der Waals surface area contributed by atoms with E-state index in [1.807, 2.05) is 0 Å². The van der Waals surface area contributed by atoms with Crippen LogP contribution >= 0.6 is 0 Å². The summed E-state index contributed by atoms with van der Waals surface area (Å²) in [4.78, 5) is 0. The molecule has 0 aromatic heterocycles. The number of halogens is 5. The summed E-state index contributed by atoms with van der Waals surface area (Å²) in [6, 6.07) is 1.89. The normalized spacial score (nSPS) is 20.6. The zero-order valence-electron chi connectivity index (χ0n) is 16.3. The van der Waals surface area contributed by atoms with Gasteiger partial charge in [-0.25, -0.2) is 8.78 Å². The van der Waals surface area contributed by atoms with Crippen molar-refractivity contribution >= 4 is 0 Å². The number of hydrogen-bond acceptors (Lipinski definition) is 1. The van der Waals surface area contributed by atoms with Crippen LogP contribution in [0.3, 0.4) is 0 Å². The Kier molecular flexibility index (Phi) is 8.77. The summed E-state index contributed by atoms with van der Waals surface area (Å²) in [6.45, 7) is 2.17. The molecular formula is C22H29F5O. The fraction of sp³-hybridized carbons (Fsp3) is 0.636. The van der Waals surface area contributed by atoms with Gasteiger partial charge in [-0.3, -0.25) is 0 Å². The molecule has 0 N–H and O–H groups in total. The predicted octanol–water partition coefficient (Wildman–Crippen LogP) is 7.74. The Morgan fingerprint density at radius 1 is 0.929 bits per heavy atom. The quantitative estimate of drug-likeness (QED) is 0.302. The second-order valence-electron chi connectivity index (χ2n) is 7.70. The molecule has 2 rings (SSSR count). The lowest BCUT2D eigenvalue weighted by Gasteiger charge is -2.28. The second-order valence-corrected chi connectivity index (χ2v) is 7.70. The van der Waals surface area contributed by atoms with E-state index < -0.39 is 23.7 Å². The van der Waals surface area contributed by atoms with Gasteiger partial charge >= 0.3 is 6.36 Å². The van der Waals surface area contributed by atoms with Crippen LogP contribution in [0.2, 0.25) is 0 Å². The summed E-state index contributed by atoms with van der Waals surface area (Å²) >= 11 is 0. The summed E-state index contributed by atoms with van der Waals surface area (Å²) in [5.41, 5.74) is 0.368. The van der Waals surface area contributed by atoms with Gasteiger partial charge in [0.25, 0.3) is 0 Å². The Morgan fingerprint density at radius 2 is 1.46 bits per heavy atom. The van der Waals surface area contributed by atoms with Gasteiger partial charge in [0.2, 0.25) is 5.75 Å². The highest BCUT2D eigenvalue weighted by Crippen LogP contribution is 2.35. The van der Waals surface area contributed by atoms with Crippen LogP contribution < -0.4 is 4.74 Å². The Morgan fingerprint density at radius 3 is 2.00 bits per heavy atom. The number of allylic oxidation sites excluding steroid dienone is 2. The van der Waals surface area contributed by atoms with Crippen molar-refractivity contribution < 1.29 is 26.7 Å². The number of unbranched alkanes of at least 4 members (excludes halogenated alkanes) is 1. The first kappa shape index (κ1) is 22.7. The fourth-order valence-corrected chi connectivity index (χ4v) is 3.88. The van der Waals surface area contributed by atoms with Crippen LogP contribution in [0.5, 0.6) is 5.75 Å². The van der Waals surface area contributed by atoms with Crippen molar-refractivity contribution in [2.45, 2.75) is 77.5 Å². The number of hydrogen-bond donors (Lipinski definition) is 0. The van der Waals surface area contributed by atoms with Gasteiger partial charge in [0, 0.05) is 0 Å². The SMILES string of the molecule is CCCC=CCCC1CCC(CCc2cc(F)c(OC(F)(F)F)c(F)c2)CC1. The first-order chi connectivity index (χ1) is 13.3. The largest absolute Gasteiger partial charge is 0.573 e. The van der Waals surface area contributed by atoms with E-state index in [0.29, 0.717) is 17.9 Å². The van der Waals surface area contributed by atoms with Gasteiger partial charge in [-0.15, -0.1) is 13.2 Å². The molecule has 1 nitrogen and oxygen atoms in total. The maximum Gasteiger partial charge on any atom is 0.573 e. The molecule has 0 heterocycles. The minimum atomic E-state index is -5.12. The maximum atomic E-state index is 13.8. The molecule has 28 heavy (non-hydrogen) atoms. The van der Waals surface area contributed by atoms with Gasteiger partial charge in [0.1, 0.15) is 0 Å². The Hall–Kier alpha value is -1.59. The summed E-state index contributed by atoms with van der Waals surface area (Å²) < 4.78 is 67.6. The zero-order valence-corrected chi connectivity index (χ0v) is 16.3. The van der Waals surface area contributed by atoms with Gasteiger partial charge in [0.05, 0.1) is 0 Å². The molecule has 0 aliphatic heterocycles. The molecule has 0 bridgehead atoms. The first-order valence-corrected chi connectivity index (χ1v) is 10.2. The Bertz CT molecular complexity index is 607. The first-order valence-electron chi connectivity index (χ1n) is 10.2. The van der Waals surface area contributed by atoms with Crippen LogP contribution in [-0.2, 0) is 6.42 Å². The summed E-state index contributed by atoms with van der Waals surface area (Å²) in [7, 11) is 0. The van der Waals surface area contributed by atoms with Crippen molar-refractivity contribution in [3.8, 4) is 5.75 Å². The molecule has 0 radical (unpaired) electrons. The Balaban J connectivity index is 1.76. The molecule has 1 aromatic carbocycles. The van der Waals surface area contributed by atoms with Crippen molar-refractivity contribution in [3.63, 3.8) is 0 Å². The molecule has 1 saturated carbocycles. The highest BCUT2D eigenvalue weighted by Gasteiger charge is 2.34. The van der Waals surface area contributed by atoms with Gasteiger partial charge in [0.15, 0.2) is 11.6 Å². The summed E-state index contributed by atoms with van der Waals surface area (Å²) in [5.74, 6) is -2.76. The van der Waals surface area contributed by atoms with Gasteiger partial charge in [-0.1, -0.05) is 51.2 Å². The van der Waals surface area contributed by atoms with E-state index in [0.717, 1.165) is 50.2 Å². The molecular weight excluding hydrogens is 375 g/mol. The van der Waals surface area contributed by atoms with E-state index in [1.165, 1.54) is 25.7 Å². The zero-order chi connectivity index (χ0) is 20.6. The van der Waals surface area contributed by atoms with Crippen molar-refractivity contribution in [3.05, 3.63) is 41.5 Å². The van der Waals surface area contributed by atoms with Crippen molar-refractivity contribution in [1.82, 2.24) is 0 Å². The van der Waals surface area contributed by atoms with E-state index in [9.17, 15) is 22.0 Å². The highest BCUT2D eigenvalue weighted by molar-refractivity contribution is 5.31. The third-order valence-corrected chi connectivity index (χ3v) is 5.45. The van der Waals surface area contributed by atoms with E-state index in [-0.39, 0.29) is 0 Å². The van der Waals surface area contributed by atoms with Crippen LogP contribution in [0.25, 0.3) is 0 Å². The van der Waals surface area contributed by atoms with E-state index >= 15 is 0 Å². The van der Waals surface area contributed by atoms with Crippen LogP contribution in [0.15, 0.2) is 24.3 Å². The minimum absolute atomic E-state index is 0.368. The summed E-state index contributed by atoms with van der Waals surface area (Å²) in [6.07, 6.45) is 9.84. The van der Waals surface area contributed by atoms with Crippen LogP contribution in [0.4, 0.5) is 22.0 Å². The van der Waals surface area contributed by atoms with Crippen LogP contribution in [-0.4, -0.2) is 6.36 Å². The monoisotopic (exact) mass is 404 g/mol. The van der Waals surface area contributed by atoms with Crippen LogP contribution in [0.1, 0.15) is 70.3 Å². The van der Waals surface area contributed by atoms with E-state index in [2.05, 4.69) is 23.8 Å². The number of rotatable bonds is 9. The van der Waals surface area contributed by atoms with Gasteiger partial charge in [-0.2, -0.15) is 0 Å². The number of ether oxygens (including phenoxy) is 1. The molecule has 0 spiro atoms. The second kappa shape index (κ2) is 10.8. The minimum Gasteiger partial charge on any atom is -0.399 e. The number of benzene rings is 1. The average Bonchev–Trinajstić information content (AvgIpc) is 2.63. The molecule has 0 amide bonds. The number of aryl methyl sites for hydroxylation is 1.